The van der Waals surface area contributed by atoms with Crippen LogP contribution in [0.3, 0.4) is 0 Å². The number of phenols is 1. The van der Waals surface area contributed by atoms with Gasteiger partial charge in [-0.05, 0) is 35.6 Å². The number of hydrogen-bond donors (Lipinski definition) is 3. The topological polar surface area (TPSA) is 158 Å². The van der Waals surface area contributed by atoms with Crippen LogP contribution in [0.1, 0.15) is 37.9 Å². The lowest BCUT2D eigenvalue weighted by Crippen LogP contribution is -2.63. The van der Waals surface area contributed by atoms with Crippen molar-refractivity contribution in [1.82, 2.24) is 0 Å². The van der Waals surface area contributed by atoms with Gasteiger partial charge in [0.1, 0.15) is 28.9 Å². The smallest absolute Gasteiger partial charge is 0.341 e. The first-order valence-electron chi connectivity index (χ1n) is 10.5. The second-order valence-electron chi connectivity index (χ2n) is 8.20. The van der Waals surface area contributed by atoms with E-state index in [1.54, 1.807) is 6.92 Å². The minimum absolute atomic E-state index is 0.0501. The molecule has 0 saturated heterocycles. The van der Waals surface area contributed by atoms with Gasteiger partial charge >= 0.3 is 11.9 Å². The van der Waals surface area contributed by atoms with E-state index in [1.807, 2.05) is 0 Å². The number of rotatable bonds is 5. The van der Waals surface area contributed by atoms with Gasteiger partial charge in [0.25, 0.3) is 0 Å². The molecule has 1 heterocycles. The number of benzene rings is 2. The van der Waals surface area contributed by atoms with Crippen LogP contribution in [0, 0.1) is 6.92 Å². The number of ketones is 1. The first-order chi connectivity index (χ1) is 16.6. The molecule has 0 spiro atoms. The average molecular weight is 488 g/mol. The zero-order chi connectivity index (χ0) is 25.8. The summed E-state index contributed by atoms with van der Waals surface area (Å²) >= 11 is 0. The number of phenolic OH excluding ortho intramolecular Hbond substituents is 1. The molecule has 0 saturated carbocycles. The zero-order valence-corrected chi connectivity index (χ0v) is 19.6. The molecule has 2 aromatic carbocycles. The Hall–Kier alpha value is -3.67. The van der Waals surface area contributed by atoms with Gasteiger partial charge in [0.05, 0.1) is 33.0 Å². The number of aliphatic hydroxyl groups is 2. The zero-order valence-electron chi connectivity index (χ0n) is 19.6. The molecule has 4 rings (SSSR count). The lowest BCUT2D eigenvalue weighted by atomic mass is 9.70. The van der Waals surface area contributed by atoms with Crippen LogP contribution in [0.4, 0.5) is 0 Å². The van der Waals surface area contributed by atoms with Gasteiger partial charge in [0.2, 0.25) is 0 Å². The summed E-state index contributed by atoms with van der Waals surface area (Å²) in [4.78, 5) is 37.8. The Labute approximate surface area is 199 Å². The van der Waals surface area contributed by atoms with E-state index in [2.05, 4.69) is 0 Å². The van der Waals surface area contributed by atoms with E-state index in [4.69, 9.17) is 23.7 Å². The number of cyclic esters (lactones) is 1. The standard InChI is InChI=1S/C24H24O11/c1-9-15-10(7-12(31-2)16(9)23(29)34-5)6-11-17(18(15)26)19(27)22(33-4)24(30,20(11)28)21-13(32-3)8-14(25)35-21/h6-8,20-22,26,28,30H,1-5H3/t20-,21-,22+,24+/m0/s1. The van der Waals surface area contributed by atoms with E-state index in [0.717, 1.165) is 13.2 Å². The van der Waals surface area contributed by atoms with Crippen molar-refractivity contribution in [3.05, 3.63) is 46.2 Å². The Kier molecular flexibility index (Phi) is 5.95. The molecule has 0 aromatic heterocycles. The minimum Gasteiger partial charge on any atom is -0.507 e. The van der Waals surface area contributed by atoms with Crippen molar-refractivity contribution in [1.29, 1.82) is 0 Å². The molecule has 0 fully saturated rings. The lowest BCUT2D eigenvalue weighted by Gasteiger charge is -2.45. The summed E-state index contributed by atoms with van der Waals surface area (Å²) in [5, 5.41) is 34.7. The molecule has 0 amide bonds. The summed E-state index contributed by atoms with van der Waals surface area (Å²) in [7, 11) is 4.91. The summed E-state index contributed by atoms with van der Waals surface area (Å²) in [6.07, 6.45) is -4.19. The van der Waals surface area contributed by atoms with Crippen LogP contribution in [-0.4, -0.2) is 79.3 Å². The SMILES string of the molecule is COC(=O)c1c(OC)cc2cc3c(c(O)c2c1C)C(=O)[C@@H](OC)[C@](O)([C@H]1OC(=O)C=C1OC)[C@H]3O. The maximum absolute atomic E-state index is 13.5. The molecule has 11 nitrogen and oxygen atoms in total. The molecule has 3 N–H and O–H groups in total. The third kappa shape index (κ3) is 3.27. The number of hydrogen-bond acceptors (Lipinski definition) is 11. The maximum atomic E-state index is 13.5. The molecule has 11 heteroatoms. The van der Waals surface area contributed by atoms with Gasteiger partial charge in [-0.1, -0.05) is 0 Å². The molecule has 2 aromatic rings. The Morgan fingerprint density at radius 2 is 1.80 bits per heavy atom. The fourth-order valence-electron chi connectivity index (χ4n) is 4.93. The predicted octanol–water partition coefficient (Wildman–Crippen LogP) is 1.08. The van der Waals surface area contributed by atoms with Gasteiger partial charge in [-0.25, -0.2) is 9.59 Å². The number of aryl methyl sites for hydroxylation is 1. The Bertz CT molecular complexity index is 1290. The van der Waals surface area contributed by atoms with E-state index in [0.29, 0.717) is 5.39 Å². The molecular formula is C24H24O11. The molecule has 0 bridgehead atoms. The minimum atomic E-state index is -2.49. The number of carbonyl (C=O) groups excluding carboxylic acids is 3. The van der Waals surface area contributed by atoms with Crippen LogP contribution in [0.2, 0.25) is 0 Å². The number of aromatic hydroxyl groups is 1. The van der Waals surface area contributed by atoms with Crippen molar-refractivity contribution < 1.29 is 53.4 Å². The summed E-state index contributed by atoms with van der Waals surface area (Å²) in [6, 6.07) is 2.82. The van der Waals surface area contributed by atoms with Crippen molar-refractivity contribution in [2.24, 2.45) is 0 Å². The van der Waals surface area contributed by atoms with Gasteiger partial charge < -0.3 is 39.0 Å². The van der Waals surface area contributed by atoms with Crippen LogP contribution >= 0.6 is 0 Å². The molecule has 186 valence electrons. The highest BCUT2D eigenvalue weighted by Gasteiger charge is 2.62. The first-order valence-corrected chi connectivity index (χ1v) is 10.5. The van der Waals surface area contributed by atoms with Crippen LogP contribution in [0.15, 0.2) is 24.0 Å². The number of ether oxygens (including phenoxy) is 5. The van der Waals surface area contributed by atoms with Gasteiger partial charge in [-0.15, -0.1) is 0 Å². The Balaban J connectivity index is 2.02. The number of esters is 2. The summed E-state index contributed by atoms with van der Waals surface area (Å²) in [6.45, 7) is 1.55. The third-order valence-corrected chi connectivity index (χ3v) is 6.54. The highest BCUT2D eigenvalue weighted by Crippen LogP contribution is 2.50. The quantitative estimate of drug-likeness (QED) is 0.517. The second-order valence-corrected chi connectivity index (χ2v) is 8.20. The number of aliphatic hydroxyl groups excluding tert-OH is 1. The monoisotopic (exact) mass is 488 g/mol. The summed E-state index contributed by atoms with van der Waals surface area (Å²) in [5.41, 5.74) is -2.61. The summed E-state index contributed by atoms with van der Waals surface area (Å²) < 4.78 is 25.7. The van der Waals surface area contributed by atoms with Gasteiger partial charge in [0.15, 0.2) is 23.6 Å². The average Bonchev–Trinajstić information content (AvgIpc) is 3.23. The Morgan fingerprint density at radius 3 is 2.37 bits per heavy atom. The summed E-state index contributed by atoms with van der Waals surface area (Å²) in [5.74, 6) is -2.92. The first kappa shape index (κ1) is 24.5. The molecule has 1 aliphatic carbocycles. The fourth-order valence-corrected chi connectivity index (χ4v) is 4.93. The highest BCUT2D eigenvalue weighted by molar-refractivity contribution is 6.12. The van der Waals surface area contributed by atoms with Gasteiger partial charge in [-0.3, -0.25) is 4.79 Å². The number of fused-ring (bicyclic) bond motifs is 2. The fraction of sp³-hybridized carbons (Fsp3) is 0.375. The maximum Gasteiger partial charge on any atom is 0.341 e. The van der Waals surface area contributed by atoms with Crippen LogP contribution in [0.5, 0.6) is 11.5 Å². The molecule has 2 aliphatic rings. The van der Waals surface area contributed by atoms with E-state index in [9.17, 15) is 29.7 Å². The van der Waals surface area contributed by atoms with E-state index >= 15 is 0 Å². The molecule has 0 unspecified atom stereocenters. The van der Waals surface area contributed by atoms with E-state index in [-0.39, 0.29) is 39.1 Å². The van der Waals surface area contributed by atoms with Crippen LogP contribution in [0.25, 0.3) is 10.8 Å². The Morgan fingerprint density at radius 1 is 1.11 bits per heavy atom. The van der Waals surface area contributed by atoms with Crippen LogP contribution in [-0.2, 0) is 23.7 Å². The highest BCUT2D eigenvalue weighted by atomic mass is 16.6. The lowest BCUT2D eigenvalue weighted by molar-refractivity contribution is -0.205. The van der Waals surface area contributed by atoms with Crippen molar-refractivity contribution >= 4 is 28.5 Å². The molecule has 4 atom stereocenters. The van der Waals surface area contributed by atoms with Crippen molar-refractivity contribution in [2.45, 2.75) is 30.8 Å². The number of Topliss-reactive ketones (excluding diaryl/α,β-unsaturated/α-hetero) is 1. The number of carbonyl (C=O) groups is 3. The van der Waals surface area contributed by atoms with Gasteiger partial charge in [0, 0.05) is 12.5 Å². The van der Waals surface area contributed by atoms with Crippen molar-refractivity contribution in [2.75, 3.05) is 28.4 Å². The second kappa shape index (κ2) is 8.52. The molecule has 1 aliphatic heterocycles. The van der Waals surface area contributed by atoms with Crippen molar-refractivity contribution in [3.63, 3.8) is 0 Å². The molecule has 35 heavy (non-hydrogen) atoms. The predicted molar refractivity (Wildman–Crippen MR) is 118 cm³/mol. The molecule has 0 radical (unpaired) electrons. The number of methoxy groups -OCH3 is 4. The normalized spacial score (nSPS) is 25.7. The van der Waals surface area contributed by atoms with Crippen molar-refractivity contribution in [3.8, 4) is 11.5 Å². The molecular weight excluding hydrogens is 464 g/mol. The van der Waals surface area contributed by atoms with Crippen LogP contribution < -0.4 is 4.74 Å². The van der Waals surface area contributed by atoms with Gasteiger partial charge in [-0.2, -0.15) is 0 Å². The third-order valence-electron chi connectivity index (χ3n) is 6.54. The largest absolute Gasteiger partial charge is 0.507 e. The van der Waals surface area contributed by atoms with E-state index in [1.165, 1.54) is 33.5 Å². The van der Waals surface area contributed by atoms with E-state index < -0.39 is 47.4 Å².